The standard InChI is InChI=1S/C8H11N3O2/c1-5(12)11-6-3-7(13-2)8(9)10-4-6/h3-4H,1-2H3,(H2,9,10)(H,11,12). The molecule has 0 atom stereocenters. The minimum atomic E-state index is -0.159. The molecule has 0 aromatic carbocycles. The Hall–Kier alpha value is -1.78. The molecule has 13 heavy (non-hydrogen) atoms. The topological polar surface area (TPSA) is 77.2 Å². The van der Waals surface area contributed by atoms with E-state index in [-0.39, 0.29) is 5.91 Å². The molecule has 3 N–H and O–H groups in total. The molecule has 0 saturated heterocycles. The fourth-order valence-electron chi connectivity index (χ4n) is 0.890. The van der Waals surface area contributed by atoms with Crippen LogP contribution in [0, 0.1) is 0 Å². The maximum atomic E-state index is 10.7. The maximum absolute atomic E-state index is 10.7. The van der Waals surface area contributed by atoms with Gasteiger partial charge in [-0.05, 0) is 0 Å². The zero-order valence-corrected chi connectivity index (χ0v) is 7.50. The van der Waals surface area contributed by atoms with Crippen molar-refractivity contribution in [2.24, 2.45) is 0 Å². The van der Waals surface area contributed by atoms with Gasteiger partial charge >= 0.3 is 0 Å². The van der Waals surface area contributed by atoms with E-state index < -0.39 is 0 Å². The van der Waals surface area contributed by atoms with E-state index in [9.17, 15) is 4.79 Å². The van der Waals surface area contributed by atoms with Gasteiger partial charge in [-0.15, -0.1) is 0 Å². The van der Waals surface area contributed by atoms with E-state index in [1.54, 1.807) is 6.07 Å². The highest BCUT2D eigenvalue weighted by molar-refractivity contribution is 5.88. The van der Waals surface area contributed by atoms with Crippen LogP contribution in [0.15, 0.2) is 12.3 Å². The van der Waals surface area contributed by atoms with Crippen LogP contribution in [0.5, 0.6) is 5.75 Å². The molecule has 1 aromatic heterocycles. The summed E-state index contributed by atoms with van der Waals surface area (Å²) in [5.41, 5.74) is 6.05. The van der Waals surface area contributed by atoms with E-state index >= 15 is 0 Å². The number of hydrogen-bond acceptors (Lipinski definition) is 4. The van der Waals surface area contributed by atoms with Crippen molar-refractivity contribution in [3.63, 3.8) is 0 Å². The van der Waals surface area contributed by atoms with Crippen molar-refractivity contribution in [2.45, 2.75) is 6.92 Å². The normalized spacial score (nSPS) is 9.38. The molecule has 1 amide bonds. The Morgan fingerprint density at radius 1 is 1.69 bits per heavy atom. The summed E-state index contributed by atoms with van der Waals surface area (Å²) in [6, 6.07) is 1.61. The molecule has 5 nitrogen and oxygen atoms in total. The van der Waals surface area contributed by atoms with Gasteiger partial charge in [0, 0.05) is 13.0 Å². The molecule has 5 heteroatoms. The minimum Gasteiger partial charge on any atom is -0.493 e. The van der Waals surface area contributed by atoms with Crippen molar-refractivity contribution in [1.29, 1.82) is 0 Å². The number of carbonyl (C=O) groups is 1. The minimum absolute atomic E-state index is 0.159. The predicted molar refractivity (Wildman–Crippen MR) is 49.5 cm³/mol. The molecule has 0 saturated carbocycles. The number of nitrogen functional groups attached to an aromatic ring is 1. The summed E-state index contributed by atoms with van der Waals surface area (Å²) in [5.74, 6) is 0.594. The van der Waals surface area contributed by atoms with E-state index in [1.807, 2.05) is 0 Å². The molecule has 70 valence electrons. The molecular weight excluding hydrogens is 170 g/mol. The smallest absolute Gasteiger partial charge is 0.221 e. The molecular formula is C8H11N3O2. The van der Waals surface area contributed by atoms with Gasteiger partial charge in [-0.2, -0.15) is 0 Å². The third kappa shape index (κ3) is 2.33. The lowest BCUT2D eigenvalue weighted by Gasteiger charge is -2.06. The van der Waals surface area contributed by atoms with Gasteiger partial charge in [-0.1, -0.05) is 0 Å². The summed E-state index contributed by atoms with van der Waals surface area (Å²) in [7, 11) is 1.49. The molecule has 0 spiro atoms. The number of rotatable bonds is 2. The van der Waals surface area contributed by atoms with Crippen molar-refractivity contribution in [2.75, 3.05) is 18.2 Å². The first kappa shape index (κ1) is 9.31. The van der Waals surface area contributed by atoms with E-state index in [1.165, 1.54) is 20.2 Å². The Bertz CT molecular complexity index is 325. The van der Waals surface area contributed by atoms with Gasteiger partial charge in [0.25, 0.3) is 0 Å². The highest BCUT2D eigenvalue weighted by Crippen LogP contribution is 2.21. The van der Waals surface area contributed by atoms with Gasteiger partial charge in [-0.25, -0.2) is 4.98 Å². The van der Waals surface area contributed by atoms with E-state index in [0.29, 0.717) is 17.3 Å². The zero-order chi connectivity index (χ0) is 9.84. The van der Waals surface area contributed by atoms with Crippen molar-refractivity contribution >= 4 is 17.4 Å². The summed E-state index contributed by atoms with van der Waals surface area (Å²) in [6.45, 7) is 1.42. The average Bonchev–Trinajstić information content (AvgIpc) is 2.07. The highest BCUT2D eigenvalue weighted by atomic mass is 16.5. The first-order valence-corrected chi connectivity index (χ1v) is 3.70. The van der Waals surface area contributed by atoms with E-state index in [2.05, 4.69) is 10.3 Å². The van der Waals surface area contributed by atoms with Crippen molar-refractivity contribution in [3.8, 4) is 5.75 Å². The number of aromatic nitrogens is 1. The van der Waals surface area contributed by atoms with Crippen LogP contribution in [0.2, 0.25) is 0 Å². The van der Waals surface area contributed by atoms with Gasteiger partial charge < -0.3 is 15.8 Å². The molecule has 0 unspecified atom stereocenters. The number of anilines is 2. The Morgan fingerprint density at radius 2 is 2.38 bits per heavy atom. The SMILES string of the molecule is COc1cc(NC(C)=O)cnc1N. The highest BCUT2D eigenvalue weighted by Gasteiger charge is 2.02. The first-order valence-electron chi connectivity index (χ1n) is 3.70. The van der Waals surface area contributed by atoms with Crippen molar-refractivity contribution < 1.29 is 9.53 Å². The fourth-order valence-corrected chi connectivity index (χ4v) is 0.890. The molecule has 0 aliphatic rings. The Balaban J connectivity index is 2.92. The predicted octanol–water partition coefficient (Wildman–Crippen LogP) is 0.631. The number of nitrogens with zero attached hydrogens (tertiary/aromatic N) is 1. The molecule has 0 fully saturated rings. The molecule has 1 heterocycles. The molecule has 0 aliphatic heterocycles. The quantitative estimate of drug-likeness (QED) is 0.701. The van der Waals surface area contributed by atoms with Gasteiger partial charge in [-0.3, -0.25) is 4.79 Å². The molecule has 0 aliphatic carbocycles. The number of amides is 1. The third-order valence-electron chi connectivity index (χ3n) is 1.42. The number of carbonyl (C=O) groups excluding carboxylic acids is 1. The number of methoxy groups -OCH3 is 1. The lowest BCUT2D eigenvalue weighted by Crippen LogP contribution is -2.07. The lowest BCUT2D eigenvalue weighted by molar-refractivity contribution is -0.114. The van der Waals surface area contributed by atoms with Crippen LogP contribution in [0.3, 0.4) is 0 Å². The second kappa shape index (κ2) is 3.75. The largest absolute Gasteiger partial charge is 0.493 e. The number of nitrogens with one attached hydrogen (secondary N) is 1. The fraction of sp³-hybridized carbons (Fsp3) is 0.250. The van der Waals surface area contributed by atoms with Crippen LogP contribution in [0.25, 0.3) is 0 Å². The monoisotopic (exact) mass is 181 g/mol. The van der Waals surface area contributed by atoms with Crippen molar-refractivity contribution in [3.05, 3.63) is 12.3 Å². The number of pyridine rings is 1. The van der Waals surface area contributed by atoms with Gasteiger partial charge in [0.2, 0.25) is 5.91 Å². The molecule has 1 rings (SSSR count). The molecule has 1 aromatic rings. The zero-order valence-electron chi connectivity index (χ0n) is 7.50. The average molecular weight is 181 g/mol. The van der Waals surface area contributed by atoms with Crippen LogP contribution in [0.1, 0.15) is 6.92 Å². The Morgan fingerprint density at radius 3 is 2.92 bits per heavy atom. The summed E-state index contributed by atoms with van der Waals surface area (Å²) >= 11 is 0. The van der Waals surface area contributed by atoms with Crippen LogP contribution in [0.4, 0.5) is 11.5 Å². The van der Waals surface area contributed by atoms with Gasteiger partial charge in [0.15, 0.2) is 11.6 Å². The molecule has 0 radical (unpaired) electrons. The van der Waals surface area contributed by atoms with Gasteiger partial charge in [0.1, 0.15) is 0 Å². The second-order valence-corrected chi connectivity index (χ2v) is 2.49. The number of nitrogens with two attached hydrogens (primary N) is 1. The first-order chi connectivity index (χ1) is 6.13. The summed E-state index contributed by atoms with van der Waals surface area (Å²) in [4.78, 5) is 14.5. The Kier molecular flexibility index (Phi) is 2.69. The summed E-state index contributed by atoms with van der Waals surface area (Å²) < 4.78 is 4.93. The van der Waals surface area contributed by atoms with Crippen molar-refractivity contribution in [1.82, 2.24) is 4.98 Å². The van der Waals surface area contributed by atoms with Crippen LogP contribution in [-0.2, 0) is 4.79 Å². The number of hydrogen-bond donors (Lipinski definition) is 2. The number of ether oxygens (including phenoxy) is 1. The van der Waals surface area contributed by atoms with Crippen LogP contribution in [-0.4, -0.2) is 18.0 Å². The van der Waals surface area contributed by atoms with E-state index in [4.69, 9.17) is 10.5 Å². The second-order valence-electron chi connectivity index (χ2n) is 2.49. The van der Waals surface area contributed by atoms with Gasteiger partial charge in [0.05, 0.1) is 19.0 Å². The third-order valence-corrected chi connectivity index (χ3v) is 1.42. The van der Waals surface area contributed by atoms with E-state index in [0.717, 1.165) is 0 Å². The Labute approximate surface area is 75.9 Å². The lowest BCUT2D eigenvalue weighted by atomic mass is 10.3. The summed E-state index contributed by atoms with van der Waals surface area (Å²) in [6.07, 6.45) is 1.47. The summed E-state index contributed by atoms with van der Waals surface area (Å²) in [5, 5.41) is 2.57. The van der Waals surface area contributed by atoms with Crippen LogP contribution < -0.4 is 15.8 Å². The van der Waals surface area contributed by atoms with Crippen LogP contribution >= 0.6 is 0 Å². The maximum Gasteiger partial charge on any atom is 0.221 e. The molecule has 0 bridgehead atoms.